The fraction of sp³-hybridized carbons (Fsp3) is 0.0333. The third-order valence-corrected chi connectivity index (χ3v) is 7.11. The number of anilines is 1. The monoisotopic (exact) mass is 604 g/mol. The van der Waals surface area contributed by atoms with Crippen molar-refractivity contribution in [3.05, 3.63) is 135 Å². The Morgan fingerprint density at radius 3 is 2.21 bits per heavy atom. The summed E-state index contributed by atoms with van der Waals surface area (Å²) in [5.74, 6) is -0.563. The first kappa shape index (κ1) is 27.4. The lowest BCUT2D eigenvalue weighted by molar-refractivity contribution is -0.113. The Morgan fingerprint density at radius 1 is 0.816 bits per heavy atom. The van der Waals surface area contributed by atoms with E-state index in [1.807, 2.05) is 30.3 Å². The molecule has 2 amide bonds. The summed E-state index contributed by atoms with van der Waals surface area (Å²) in [6.07, 6.45) is 1.57. The molecule has 4 aromatic rings. The minimum absolute atomic E-state index is 0.0323. The summed E-state index contributed by atoms with van der Waals surface area (Å²) >= 11 is 10.9. The Kier molecular flexibility index (Phi) is 9.54. The molecule has 0 saturated carbocycles. The van der Waals surface area contributed by atoms with Crippen LogP contribution in [0.2, 0.25) is 5.02 Å². The molecule has 0 saturated heterocycles. The third kappa shape index (κ3) is 7.92. The summed E-state index contributed by atoms with van der Waals surface area (Å²) in [6, 6.07) is 30.1. The molecule has 0 unspecified atom stereocenters. The highest BCUT2D eigenvalue weighted by atomic mass is 79.9. The van der Waals surface area contributed by atoms with Gasteiger partial charge >= 0.3 is 0 Å². The van der Waals surface area contributed by atoms with Crippen LogP contribution in [-0.2, 0) is 4.79 Å². The van der Waals surface area contributed by atoms with Crippen LogP contribution in [0.3, 0.4) is 0 Å². The van der Waals surface area contributed by atoms with Crippen molar-refractivity contribution in [2.24, 2.45) is 0 Å². The van der Waals surface area contributed by atoms with Gasteiger partial charge in [0, 0.05) is 31.2 Å². The molecule has 0 fully saturated rings. The summed E-state index contributed by atoms with van der Waals surface area (Å²) in [5.41, 5.74) is 2.36. The van der Waals surface area contributed by atoms with Gasteiger partial charge < -0.3 is 10.6 Å². The normalized spacial score (nSPS) is 11.1. The van der Waals surface area contributed by atoms with Crippen LogP contribution < -0.4 is 10.6 Å². The van der Waals surface area contributed by atoms with Crippen molar-refractivity contribution in [2.75, 3.05) is 11.1 Å². The topological polar surface area (TPSA) is 75.3 Å². The van der Waals surface area contributed by atoms with Crippen molar-refractivity contribution >= 4 is 68.7 Å². The Hall–Kier alpha value is -3.65. The maximum atomic E-state index is 13.2. The molecule has 5 nitrogen and oxygen atoms in total. The lowest BCUT2D eigenvalue weighted by Gasteiger charge is -2.12. The molecule has 38 heavy (non-hydrogen) atoms. The summed E-state index contributed by atoms with van der Waals surface area (Å²) in [6.45, 7) is 0. The highest BCUT2D eigenvalue weighted by molar-refractivity contribution is 9.10. The summed E-state index contributed by atoms with van der Waals surface area (Å²) in [5, 5.41) is 6.04. The maximum absolute atomic E-state index is 13.2. The van der Waals surface area contributed by atoms with Gasteiger partial charge in [0.1, 0.15) is 5.70 Å². The highest BCUT2D eigenvalue weighted by Crippen LogP contribution is 2.23. The molecule has 0 atom stereocenters. The molecule has 0 bridgehead atoms. The number of nitrogens with one attached hydrogen (secondary N) is 2. The number of hydrogen-bond donors (Lipinski definition) is 2. The first-order valence-corrected chi connectivity index (χ1v) is 13.7. The predicted octanol–water partition coefficient (Wildman–Crippen LogP) is 7.49. The number of ketones is 1. The molecule has 0 heterocycles. The number of carbonyl (C=O) groups excluding carboxylic acids is 3. The molecule has 0 aliphatic rings. The average molecular weight is 606 g/mol. The molecule has 4 rings (SSSR count). The fourth-order valence-corrected chi connectivity index (χ4v) is 4.66. The van der Waals surface area contributed by atoms with E-state index in [1.165, 1.54) is 11.8 Å². The van der Waals surface area contributed by atoms with Gasteiger partial charge in [0.15, 0.2) is 5.78 Å². The SMILES string of the molecule is O=C(Nc1ccc(SCC(=O)c2ccc(Br)cc2)cc1)/C(=C/c1cccc(Cl)c1)NC(=O)c1ccccc1. The van der Waals surface area contributed by atoms with Crippen molar-refractivity contribution in [1.29, 1.82) is 0 Å². The van der Waals surface area contributed by atoms with Crippen molar-refractivity contribution in [3.8, 4) is 0 Å². The molecular formula is C30H22BrClN2O3S. The lowest BCUT2D eigenvalue weighted by atomic mass is 10.1. The highest BCUT2D eigenvalue weighted by Gasteiger charge is 2.15. The first-order valence-electron chi connectivity index (χ1n) is 11.5. The molecule has 4 aromatic carbocycles. The van der Waals surface area contributed by atoms with Gasteiger partial charge in [-0.2, -0.15) is 0 Å². The van der Waals surface area contributed by atoms with Crippen molar-refractivity contribution in [1.82, 2.24) is 5.32 Å². The Bertz CT molecular complexity index is 1470. The van der Waals surface area contributed by atoms with Crippen molar-refractivity contribution in [2.45, 2.75) is 4.90 Å². The Labute approximate surface area is 238 Å². The van der Waals surface area contributed by atoms with Crippen LogP contribution in [0, 0.1) is 0 Å². The zero-order valence-corrected chi connectivity index (χ0v) is 23.1. The van der Waals surface area contributed by atoms with Gasteiger partial charge in [0.25, 0.3) is 11.8 Å². The van der Waals surface area contributed by atoms with E-state index in [1.54, 1.807) is 78.9 Å². The van der Waals surface area contributed by atoms with Gasteiger partial charge in [0.05, 0.1) is 5.75 Å². The van der Waals surface area contributed by atoms with E-state index in [-0.39, 0.29) is 11.5 Å². The second-order valence-corrected chi connectivity index (χ2v) is 10.5. The number of rotatable bonds is 9. The molecule has 0 aliphatic heterocycles. The summed E-state index contributed by atoms with van der Waals surface area (Å²) in [4.78, 5) is 39.3. The number of hydrogen-bond acceptors (Lipinski definition) is 4. The van der Waals surface area contributed by atoms with Crippen LogP contribution in [0.1, 0.15) is 26.3 Å². The summed E-state index contributed by atoms with van der Waals surface area (Å²) < 4.78 is 0.921. The zero-order valence-electron chi connectivity index (χ0n) is 20.0. The molecular weight excluding hydrogens is 584 g/mol. The Balaban J connectivity index is 1.44. The fourth-order valence-electron chi connectivity index (χ4n) is 3.41. The minimum atomic E-state index is -0.486. The molecule has 0 radical (unpaired) electrons. The van der Waals surface area contributed by atoms with Gasteiger partial charge in [0.2, 0.25) is 0 Å². The van der Waals surface area contributed by atoms with Gasteiger partial charge in [-0.1, -0.05) is 70.0 Å². The first-order chi connectivity index (χ1) is 18.4. The van der Waals surface area contributed by atoms with Crippen LogP contribution in [0.5, 0.6) is 0 Å². The number of thioether (sulfide) groups is 1. The maximum Gasteiger partial charge on any atom is 0.272 e. The van der Waals surface area contributed by atoms with E-state index in [0.29, 0.717) is 33.2 Å². The molecule has 0 aromatic heterocycles. The van der Waals surface area contributed by atoms with Crippen LogP contribution in [0.15, 0.2) is 118 Å². The molecule has 2 N–H and O–H groups in total. The lowest BCUT2D eigenvalue weighted by Crippen LogP contribution is -2.30. The van der Waals surface area contributed by atoms with Crippen LogP contribution in [-0.4, -0.2) is 23.4 Å². The molecule has 0 spiro atoms. The minimum Gasteiger partial charge on any atom is -0.321 e. The number of benzene rings is 4. The quantitative estimate of drug-likeness (QED) is 0.118. The van der Waals surface area contributed by atoms with Crippen LogP contribution in [0.4, 0.5) is 5.69 Å². The number of carbonyl (C=O) groups is 3. The van der Waals surface area contributed by atoms with Crippen LogP contribution >= 0.6 is 39.3 Å². The van der Waals surface area contributed by atoms with E-state index in [2.05, 4.69) is 26.6 Å². The van der Waals surface area contributed by atoms with Crippen molar-refractivity contribution < 1.29 is 14.4 Å². The van der Waals surface area contributed by atoms with E-state index in [9.17, 15) is 14.4 Å². The predicted molar refractivity (Wildman–Crippen MR) is 158 cm³/mol. The average Bonchev–Trinajstić information content (AvgIpc) is 2.93. The Morgan fingerprint density at radius 2 is 1.53 bits per heavy atom. The smallest absolute Gasteiger partial charge is 0.272 e. The van der Waals surface area contributed by atoms with Crippen LogP contribution in [0.25, 0.3) is 6.08 Å². The van der Waals surface area contributed by atoms with Gasteiger partial charge in [-0.05, 0) is 72.3 Å². The third-order valence-electron chi connectivity index (χ3n) is 5.34. The summed E-state index contributed by atoms with van der Waals surface area (Å²) in [7, 11) is 0. The number of halogens is 2. The molecule has 0 aliphatic carbocycles. The zero-order chi connectivity index (χ0) is 26.9. The van der Waals surface area contributed by atoms with E-state index in [0.717, 1.165) is 9.37 Å². The van der Waals surface area contributed by atoms with E-state index in [4.69, 9.17) is 11.6 Å². The standard InChI is InChI=1S/C30H22BrClN2O3S/c31-23-11-9-21(10-12-23)28(35)19-38-26-15-13-25(14-16-26)33-30(37)27(18-20-5-4-8-24(32)17-20)34-29(36)22-6-2-1-3-7-22/h1-18H,19H2,(H,33,37)(H,34,36)/b27-18-. The van der Waals surface area contributed by atoms with Gasteiger partial charge in [-0.25, -0.2) is 0 Å². The van der Waals surface area contributed by atoms with E-state index < -0.39 is 11.8 Å². The largest absolute Gasteiger partial charge is 0.321 e. The second kappa shape index (κ2) is 13.2. The number of Topliss-reactive ketones (excluding diaryl/α,β-unsaturated/α-hetero) is 1. The van der Waals surface area contributed by atoms with Gasteiger partial charge in [-0.3, -0.25) is 14.4 Å². The second-order valence-electron chi connectivity index (χ2n) is 8.13. The van der Waals surface area contributed by atoms with Crippen molar-refractivity contribution in [3.63, 3.8) is 0 Å². The van der Waals surface area contributed by atoms with E-state index >= 15 is 0 Å². The van der Waals surface area contributed by atoms with Gasteiger partial charge in [-0.15, -0.1) is 11.8 Å². The molecule has 8 heteroatoms. The molecule has 190 valence electrons. The number of amides is 2.